The van der Waals surface area contributed by atoms with E-state index < -0.39 is 0 Å². The van der Waals surface area contributed by atoms with E-state index in [1.807, 2.05) is 31.2 Å². The molecule has 0 aliphatic rings. The normalized spacial score (nSPS) is 10.3. The summed E-state index contributed by atoms with van der Waals surface area (Å²) in [4.78, 5) is 18.5. The van der Waals surface area contributed by atoms with Crippen LogP contribution in [0.2, 0.25) is 5.02 Å². The molecule has 0 atom stereocenters. The molecule has 0 aliphatic heterocycles. The second kappa shape index (κ2) is 7.04. The first-order valence-corrected chi connectivity index (χ1v) is 7.71. The van der Waals surface area contributed by atoms with E-state index in [9.17, 15) is 4.79 Å². The summed E-state index contributed by atoms with van der Waals surface area (Å²) in [6.07, 6.45) is 1.73. The number of rotatable bonds is 4. The van der Waals surface area contributed by atoms with E-state index >= 15 is 0 Å². The van der Waals surface area contributed by atoms with E-state index in [2.05, 4.69) is 27.6 Å². The predicted molar refractivity (Wildman–Crippen MR) is 88.8 cm³/mol. The average Bonchev–Trinajstić information content (AvgIpc) is 2.48. The zero-order valence-electron chi connectivity index (χ0n) is 11.0. The number of hydrogen-bond donors (Lipinski definition) is 0. The molecule has 0 unspecified atom stereocenters. The summed E-state index contributed by atoms with van der Waals surface area (Å²) < 4.78 is 0.939. The van der Waals surface area contributed by atoms with Crippen LogP contribution in [0.15, 0.2) is 42.6 Å². The Morgan fingerprint density at radius 2 is 2.15 bits per heavy atom. The topological polar surface area (TPSA) is 33.2 Å². The van der Waals surface area contributed by atoms with Gasteiger partial charge in [0.05, 0.1) is 17.3 Å². The number of pyridine rings is 1. The van der Waals surface area contributed by atoms with Gasteiger partial charge in [-0.2, -0.15) is 0 Å². The van der Waals surface area contributed by atoms with Crippen LogP contribution in [-0.4, -0.2) is 22.3 Å². The highest BCUT2D eigenvalue weighted by Gasteiger charge is 2.15. The summed E-state index contributed by atoms with van der Waals surface area (Å²) in [5.41, 5.74) is 1.48. The highest BCUT2D eigenvalue weighted by molar-refractivity contribution is 14.1. The highest BCUT2D eigenvalue weighted by Crippen LogP contribution is 2.20. The Balaban J connectivity index is 2.18. The van der Waals surface area contributed by atoms with Crippen LogP contribution in [0, 0.1) is 3.57 Å². The molecule has 0 fully saturated rings. The molecule has 0 radical (unpaired) electrons. The number of carbonyl (C=O) groups excluding carboxylic acids is 1. The molecule has 0 saturated heterocycles. The Hall–Kier alpha value is -1.14. The molecule has 5 heteroatoms. The van der Waals surface area contributed by atoms with Gasteiger partial charge in [0.15, 0.2) is 0 Å². The number of aromatic nitrogens is 1. The van der Waals surface area contributed by atoms with E-state index in [0.29, 0.717) is 23.7 Å². The maximum atomic E-state index is 12.5. The van der Waals surface area contributed by atoms with Crippen LogP contribution in [0.4, 0.5) is 0 Å². The molecule has 0 N–H and O–H groups in total. The molecule has 1 heterocycles. The summed E-state index contributed by atoms with van der Waals surface area (Å²) in [5, 5.41) is 0.602. The van der Waals surface area contributed by atoms with Crippen molar-refractivity contribution in [1.29, 1.82) is 0 Å². The van der Waals surface area contributed by atoms with Crippen molar-refractivity contribution in [3.05, 3.63) is 62.4 Å². The second-order valence-corrected chi connectivity index (χ2v) is 5.84. The van der Waals surface area contributed by atoms with Gasteiger partial charge in [0.2, 0.25) is 0 Å². The number of carbonyl (C=O) groups is 1. The minimum absolute atomic E-state index is 0.0311. The predicted octanol–water partition coefficient (Wildman–Crippen LogP) is 4.00. The van der Waals surface area contributed by atoms with Crippen molar-refractivity contribution in [2.75, 3.05) is 6.54 Å². The summed E-state index contributed by atoms with van der Waals surface area (Å²) in [5.74, 6) is -0.0311. The van der Waals surface area contributed by atoms with E-state index in [1.54, 1.807) is 23.2 Å². The van der Waals surface area contributed by atoms with Crippen molar-refractivity contribution < 1.29 is 4.79 Å². The van der Waals surface area contributed by atoms with Crippen molar-refractivity contribution in [3.8, 4) is 0 Å². The zero-order valence-corrected chi connectivity index (χ0v) is 13.9. The summed E-state index contributed by atoms with van der Waals surface area (Å²) in [6, 6.07) is 11.1. The van der Waals surface area contributed by atoms with Crippen molar-refractivity contribution in [3.63, 3.8) is 0 Å². The molecular weight excluding hydrogens is 387 g/mol. The third kappa shape index (κ3) is 3.70. The van der Waals surface area contributed by atoms with E-state index in [-0.39, 0.29) is 5.91 Å². The molecule has 1 aromatic carbocycles. The SMILES string of the molecule is CCN(Cc1ccccn1)C(=O)c1ccc(I)c(Cl)c1. The fourth-order valence-corrected chi connectivity index (χ4v) is 2.34. The fourth-order valence-electron chi connectivity index (χ4n) is 1.83. The molecule has 0 bridgehead atoms. The van der Waals surface area contributed by atoms with Crippen LogP contribution in [0.25, 0.3) is 0 Å². The van der Waals surface area contributed by atoms with Gasteiger partial charge in [0.1, 0.15) is 0 Å². The van der Waals surface area contributed by atoms with Gasteiger partial charge in [-0.25, -0.2) is 0 Å². The van der Waals surface area contributed by atoms with E-state index in [1.165, 1.54) is 0 Å². The van der Waals surface area contributed by atoms with Crippen molar-refractivity contribution in [2.24, 2.45) is 0 Å². The van der Waals surface area contributed by atoms with Crippen LogP contribution in [-0.2, 0) is 6.54 Å². The number of amides is 1. The molecule has 0 aliphatic carbocycles. The molecule has 20 heavy (non-hydrogen) atoms. The van der Waals surface area contributed by atoms with Gasteiger partial charge < -0.3 is 4.90 Å². The van der Waals surface area contributed by atoms with Crippen LogP contribution in [0.5, 0.6) is 0 Å². The van der Waals surface area contributed by atoms with Gasteiger partial charge >= 0.3 is 0 Å². The van der Waals surface area contributed by atoms with Crippen molar-refractivity contribution >= 4 is 40.1 Å². The minimum atomic E-state index is -0.0311. The number of hydrogen-bond acceptors (Lipinski definition) is 2. The highest BCUT2D eigenvalue weighted by atomic mass is 127. The van der Waals surface area contributed by atoms with Crippen LogP contribution in [0.1, 0.15) is 23.0 Å². The zero-order chi connectivity index (χ0) is 14.5. The van der Waals surface area contributed by atoms with Crippen LogP contribution >= 0.6 is 34.2 Å². The van der Waals surface area contributed by atoms with E-state index in [0.717, 1.165) is 9.26 Å². The standard InChI is InChI=1S/C15H14ClIN2O/c1-2-19(10-12-5-3-4-8-18-12)15(20)11-6-7-14(17)13(16)9-11/h3-9H,2,10H2,1H3. The first kappa shape index (κ1) is 15.3. The Morgan fingerprint density at radius 3 is 2.75 bits per heavy atom. The molecule has 1 amide bonds. The lowest BCUT2D eigenvalue weighted by atomic mass is 10.2. The molecule has 2 rings (SSSR count). The van der Waals surface area contributed by atoms with Crippen LogP contribution in [0.3, 0.4) is 0 Å². The number of benzene rings is 1. The molecule has 0 saturated carbocycles. The smallest absolute Gasteiger partial charge is 0.254 e. The Kier molecular flexibility index (Phi) is 5.37. The third-order valence-electron chi connectivity index (χ3n) is 2.91. The quantitative estimate of drug-likeness (QED) is 0.727. The summed E-state index contributed by atoms with van der Waals surface area (Å²) in [7, 11) is 0. The van der Waals surface area contributed by atoms with Crippen molar-refractivity contribution in [2.45, 2.75) is 13.5 Å². The van der Waals surface area contributed by atoms with Gasteiger partial charge in [-0.1, -0.05) is 17.7 Å². The first-order chi connectivity index (χ1) is 9.61. The maximum Gasteiger partial charge on any atom is 0.254 e. The third-order valence-corrected chi connectivity index (χ3v) is 4.49. The molecule has 1 aromatic heterocycles. The number of halogens is 2. The Morgan fingerprint density at radius 1 is 1.35 bits per heavy atom. The largest absolute Gasteiger partial charge is 0.333 e. The lowest BCUT2D eigenvalue weighted by Crippen LogP contribution is -2.30. The monoisotopic (exact) mass is 400 g/mol. The molecular formula is C15H14ClIN2O. The Bertz CT molecular complexity index is 604. The molecule has 2 aromatic rings. The molecule has 104 valence electrons. The van der Waals surface area contributed by atoms with Gasteiger partial charge in [-0.15, -0.1) is 0 Å². The minimum Gasteiger partial charge on any atom is -0.333 e. The van der Waals surface area contributed by atoms with Gasteiger partial charge in [0, 0.05) is 21.9 Å². The van der Waals surface area contributed by atoms with E-state index in [4.69, 9.17) is 11.6 Å². The average molecular weight is 401 g/mol. The first-order valence-electron chi connectivity index (χ1n) is 6.26. The van der Waals surface area contributed by atoms with Gasteiger partial charge in [0.25, 0.3) is 5.91 Å². The Labute approximate surface area is 137 Å². The van der Waals surface area contributed by atoms with Crippen molar-refractivity contribution in [1.82, 2.24) is 9.88 Å². The summed E-state index contributed by atoms with van der Waals surface area (Å²) in [6.45, 7) is 3.08. The van der Waals surface area contributed by atoms with Crippen LogP contribution < -0.4 is 0 Å². The molecule has 0 spiro atoms. The lowest BCUT2D eigenvalue weighted by molar-refractivity contribution is 0.0750. The van der Waals surface area contributed by atoms with Gasteiger partial charge in [-0.3, -0.25) is 9.78 Å². The maximum absolute atomic E-state index is 12.5. The fraction of sp³-hybridized carbons (Fsp3) is 0.200. The second-order valence-electron chi connectivity index (χ2n) is 4.27. The molecule has 3 nitrogen and oxygen atoms in total. The lowest BCUT2D eigenvalue weighted by Gasteiger charge is -2.20. The number of nitrogens with zero attached hydrogens (tertiary/aromatic N) is 2. The summed E-state index contributed by atoms with van der Waals surface area (Å²) >= 11 is 8.22. The van der Waals surface area contributed by atoms with Gasteiger partial charge in [-0.05, 0) is 59.8 Å².